The summed E-state index contributed by atoms with van der Waals surface area (Å²) in [6.45, 7) is 17.3. The van der Waals surface area contributed by atoms with Gasteiger partial charge in [0.15, 0.2) is 0 Å². The molecule has 2 saturated heterocycles. The highest BCUT2D eigenvalue weighted by molar-refractivity contribution is 5.95. The van der Waals surface area contributed by atoms with Crippen LogP contribution in [0.4, 0.5) is 0 Å². The predicted molar refractivity (Wildman–Crippen MR) is 105 cm³/mol. The van der Waals surface area contributed by atoms with Crippen LogP contribution in [0.5, 0.6) is 0 Å². The number of aromatic nitrogens is 2. The molecule has 146 valence electrons. The molecule has 1 atom stereocenters. The summed E-state index contributed by atoms with van der Waals surface area (Å²) in [7, 11) is 0. The van der Waals surface area contributed by atoms with Gasteiger partial charge in [0.1, 0.15) is 0 Å². The van der Waals surface area contributed by atoms with Gasteiger partial charge in [-0.15, -0.1) is 0 Å². The van der Waals surface area contributed by atoms with Gasteiger partial charge in [-0.05, 0) is 44.6 Å². The van der Waals surface area contributed by atoms with Gasteiger partial charge in [0.25, 0.3) is 5.91 Å². The first-order valence-corrected chi connectivity index (χ1v) is 10.3. The van der Waals surface area contributed by atoms with Crippen LogP contribution in [0.1, 0.15) is 69.4 Å². The van der Waals surface area contributed by atoms with Crippen LogP contribution in [0.2, 0.25) is 0 Å². The first-order chi connectivity index (χ1) is 12.2. The number of rotatable bonds is 4. The molecule has 0 bridgehead atoms. The Balaban J connectivity index is 1.67. The molecule has 2 aliphatic heterocycles. The number of hydrogen-bond acceptors (Lipinski definition) is 3. The van der Waals surface area contributed by atoms with Crippen LogP contribution >= 0.6 is 0 Å². The van der Waals surface area contributed by atoms with Crippen molar-refractivity contribution in [1.82, 2.24) is 19.6 Å². The number of hydrogen-bond donors (Lipinski definition) is 0. The number of nitrogens with zero attached hydrogens (tertiary/aromatic N) is 4. The second-order valence-corrected chi connectivity index (χ2v) is 9.72. The van der Waals surface area contributed by atoms with E-state index < -0.39 is 0 Å². The second-order valence-electron chi connectivity index (χ2n) is 9.72. The molecule has 3 rings (SSSR count). The lowest BCUT2D eigenvalue weighted by molar-refractivity contribution is 0.0594. The molecule has 0 saturated carbocycles. The summed E-state index contributed by atoms with van der Waals surface area (Å²) in [5, 5.41) is 4.42. The van der Waals surface area contributed by atoms with Gasteiger partial charge in [-0.3, -0.25) is 9.48 Å². The highest BCUT2D eigenvalue weighted by atomic mass is 16.2. The van der Waals surface area contributed by atoms with Gasteiger partial charge in [-0.2, -0.15) is 5.10 Å². The zero-order valence-corrected chi connectivity index (χ0v) is 17.3. The molecule has 0 N–H and O–H groups in total. The molecule has 0 radical (unpaired) electrons. The molecule has 0 aliphatic carbocycles. The standard InChI is InChI=1S/C21H36N4O/c1-6-10-25-17(2)18(13-22-25)19(26)24-12-9-21(16-24)8-7-11-23(15-21)14-20(3,4)5/h13H,6-12,14-16H2,1-5H3. The maximum absolute atomic E-state index is 13.1. The average molecular weight is 361 g/mol. The maximum Gasteiger partial charge on any atom is 0.257 e. The Morgan fingerprint density at radius 2 is 2.00 bits per heavy atom. The summed E-state index contributed by atoms with van der Waals surface area (Å²) in [6.07, 6.45) is 6.45. The lowest BCUT2D eigenvalue weighted by Gasteiger charge is -2.42. The fourth-order valence-corrected chi connectivity index (χ4v) is 4.82. The highest BCUT2D eigenvalue weighted by Gasteiger charge is 2.43. The summed E-state index contributed by atoms with van der Waals surface area (Å²) in [6, 6.07) is 0. The third-order valence-electron chi connectivity index (χ3n) is 5.93. The van der Waals surface area contributed by atoms with Crippen molar-refractivity contribution in [3.63, 3.8) is 0 Å². The van der Waals surface area contributed by atoms with E-state index in [4.69, 9.17) is 0 Å². The SMILES string of the molecule is CCCn1ncc(C(=O)N2CCC3(CCCN(CC(C)(C)C)C3)C2)c1C. The van der Waals surface area contributed by atoms with Crippen LogP contribution in [0.15, 0.2) is 6.20 Å². The third-order valence-corrected chi connectivity index (χ3v) is 5.93. The number of carbonyl (C=O) groups is 1. The second kappa shape index (κ2) is 7.34. The van der Waals surface area contributed by atoms with Gasteiger partial charge < -0.3 is 9.80 Å². The predicted octanol–water partition coefficient (Wildman–Crippen LogP) is 3.58. The molecule has 1 amide bonds. The van der Waals surface area contributed by atoms with E-state index >= 15 is 0 Å². The first kappa shape index (κ1) is 19.4. The van der Waals surface area contributed by atoms with Crippen molar-refractivity contribution >= 4 is 5.91 Å². The van der Waals surface area contributed by atoms with Gasteiger partial charge in [0.05, 0.1) is 11.8 Å². The monoisotopic (exact) mass is 360 g/mol. The minimum absolute atomic E-state index is 0.176. The van der Waals surface area contributed by atoms with Crippen LogP contribution in [0, 0.1) is 17.8 Å². The lowest BCUT2D eigenvalue weighted by atomic mass is 9.78. The van der Waals surface area contributed by atoms with E-state index in [0.29, 0.717) is 10.8 Å². The number of aryl methyl sites for hydroxylation is 1. The fraction of sp³-hybridized carbons (Fsp3) is 0.810. The summed E-state index contributed by atoms with van der Waals surface area (Å²) in [4.78, 5) is 17.8. The van der Waals surface area contributed by atoms with Crippen LogP contribution < -0.4 is 0 Å². The van der Waals surface area contributed by atoms with Crippen molar-refractivity contribution in [2.75, 3.05) is 32.7 Å². The molecule has 1 aromatic rings. The Kier molecular flexibility index (Phi) is 5.48. The first-order valence-electron chi connectivity index (χ1n) is 10.3. The van der Waals surface area contributed by atoms with E-state index in [2.05, 4.69) is 42.6 Å². The van der Waals surface area contributed by atoms with Crippen molar-refractivity contribution in [3.8, 4) is 0 Å². The highest BCUT2D eigenvalue weighted by Crippen LogP contribution is 2.40. The zero-order valence-electron chi connectivity index (χ0n) is 17.3. The summed E-state index contributed by atoms with van der Waals surface area (Å²) in [5.74, 6) is 0.176. The molecule has 2 fully saturated rings. The topological polar surface area (TPSA) is 41.4 Å². The van der Waals surface area contributed by atoms with Crippen molar-refractivity contribution < 1.29 is 4.79 Å². The molecule has 0 aromatic carbocycles. The van der Waals surface area contributed by atoms with Crippen LogP contribution in [0.25, 0.3) is 0 Å². The number of carbonyl (C=O) groups excluding carboxylic acids is 1. The Morgan fingerprint density at radius 1 is 1.23 bits per heavy atom. The van der Waals surface area contributed by atoms with Crippen molar-refractivity contribution in [1.29, 1.82) is 0 Å². The van der Waals surface area contributed by atoms with Gasteiger partial charge in [0, 0.05) is 43.8 Å². The molecule has 26 heavy (non-hydrogen) atoms. The molecular weight excluding hydrogens is 324 g/mol. The minimum atomic E-state index is 0.176. The third kappa shape index (κ3) is 4.13. The van der Waals surface area contributed by atoms with Gasteiger partial charge >= 0.3 is 0 Å². The van der Waals surface area contributed by atoms with E-state index in [-0.39, 0.29) is 5.91 Å². The molecular formula is C21H36N4O. The summed E-state index contributed by atoms with van der Waals surface area (Å²) >= 11 is 0. The number of likely N-dealkylation sites (tertiary alicyclic amines) is 2. The van der Waals surface area contributed by atoms with E-state index in [1.165, 1.54) is 19.4 Å². The van der Waals surface area contributed by atoms with Crippen LogP contribution in [0.3, 0.4) is 0 Å². The molecule has 1 aromatic heterocycles. The molecule has 3 heterocycles. The summed E-state index contributed by atoms with van der Waals surface area (Å²) in [5.41, 5.74) is 2.43. The van der Waals surface area contributed by atoms with E-state index in [0.717, 1.165) is 56.8 Å². The lowest BCUT2D eigenvalue weighted by Crippen LogP contribution is -2.47. The Labute approximate surface area is 158 Å². The molecule has 5 nitrogen and oxygen atoms in total. The molecule has 5 heteroatoms. The van der Waals surface area contributed by atoms with Crippen molar-refractivity contribution in [2.45, 2.75) is 66.8 Å². The largest absolute Gasteiger partial charge is 0.338 e. The Bertz CT molecular complexity index is 645. The number of piperidine rings is 1. The number of amides is 1. The maximum atomic E-state index is 13.1. The fourth-order valence-electron chi connectivity index (χ4n) is 4.82. The Morgan fingerprint density at radius 3 is 2.69 bits per heavy atom. The van der Waals surface area contributed by atoms with Crippen molar-refractivity contribution in [3.05, 3.63) is 17.5 Å². The van der Waals surface area contributed by atoms with Gasteiger partial charge in [-0.1, -0.05) is 27.7 Å². The van der Waals surface area contributed by atoms with Gasteiger partial charge in [-0.25, -0.2) is 0 Å². The van der Waals surface area contributed by atoms with Crippen LogP contribution in [-0.2, 0) is 6.54 Å². The molecule has 1 spiro atoms. The van der Waals surface area contributed by atoms with Gasteiger partial charge in [0.2, 0.25) is 0 Å². The van der Waals surface area contributed by atoms with Crippen molar-refractivity contribution in [2.24, 2.45) is 10.8 Å². The molecule has 1 unspecified atom stereocenters. The normalized spacial score (nSPS) is 24.6. The Hall–Kier alpha value is -1.36. The van der Waals surface area contributed by atoms with Crippen LogP contribution in [-0.4, -0.2) is 58.2 Å². The average Bonchev–Trinajstić information content (AvgIpc) is 3.11. The van der Waals surface area contributed by atoms with E-state index in [1.54, 1.807) is 6.20 Å². The quantitative estimate of drug-likeness (QED) is 0.824. The van der Waals surface area contributed by atoms with E-state index in [1.807, 2.05) is 11.6 Å². The zero-order chi connectivity index (χ0) is 18.9. The van der Waals surface area contributed by atoms with E-state index in [9.17, 15) is 4.79 Å². The smallest absolute Gasteiger partial charge is 0.257 e. The summed E-state index contributed by atoms with van der Waals surface area (Å²) < 4.78 is 1.96. The minimum Gasteiger partial charge on any atom is -0.338 e. The molecule has 2 aliphatic rings.